The normalized spacial score (nSPS) is 13.8. The summed E-state index contributed by atoms with van der Waals surface area (Å²) in [5.41, 5.74) is 2.90. The maximum absolute atomic E-state index is 12.9. The molecule has 0 amide bonds. The molecule has 0 aromatic heterocycles. The zero-order chi connectivity index (χ0) is 13.2. The van der Waals surface area contributed by atoms with Crippen LogP contribution in [0.25, 0.3) is 0 Å². The van der Waals surface area contributed by atoms with Gasteiger partial charge in [0.15, 0.2) is 0 Å². The average Bonchev–Trinajstić information content (AvgIpc) is 2.19. The van der Waals surface area contributed by atoms with Gasteiger partial charge in [0, 0.05) is 0 Å². The minimum atomic E-state index is -4.26. The summed E-state index contributed by atoms with van der Waals surface area (Å²) in [6.45, 7) is 7.42. The summed E-state index contributed by atoms with van der Waals surface area (Å²) in [6, 6.07) is 1.86. The number of aryl methyl sites for hydroxylation is 3. The van der Waals surface area contributed by atoms with Gasteiger partial charge in [-0.05, 0) is 49.6 Å². The summed E-state index contributed by atoms with van der Waals surface area (Å²) in [5.74, 6) is 0. The number of nitrogens with one attached hydrogen (secondary N) is 1. The van der Waals surface area contributed by atoms with Gasteiger partial charge < -0.3 is 5.32 Å². The molecule has 96 valence electrons. The van der Waals surface area contributed by atoms with Gasteiger partial charge in [0.2, 0.25) is 0 Å². The van der Waals surface area contributed by atoms with E-state index in [9.17, 15) is 13.2 Å². The highest BCUT2D eigenvalue weighted by Gasteiger charge is 2.40. The number of hydrogen-bond donors (Lipinski definition) is 1. The Morgan fingerprint density at radius 3 is 2.06 bits per heavy atom. The first-order valence-electron chi connectivity index (χ1n) is 5.65. The monoisotopic (exact) mass is 245 g/mol. The second-order valence-corrected chi connectivity index (χ2v) is 4.33. The molecule has 1 nitrogen and oxygen atoms in total. The molecule has 0 radical (unpaired) electrons. The van der Waals surface area contributed by atoms with Crippen LogP contribution in [0.2, 0.25) is 0 Å². The molecule has 17 heavy (non-hydrogen) atoms. The fourth-order valence-corrected chi connectivity index (χ4v) is 1.90. The minimum Gasteiger partial charge on any atom is -0.303 e. The van der Waals surface area contributed by atoms with Crippen LogP contribution in [-0.2, 0) is 0 Å². The fraction of sp³-hybridized carbons (Fsp3) is 0.538. The first-order valence-corrected chi connectivity index (χ1v) is 5.65. The van der Waals surface area contributed by atoms with Crippen molar-refractivity contribution in [3.8, 4) is 0 Å². The van der Waals surface area contributed by atoms with Gasteiger partial charge in [0.05, 0.1) is 0 Å². The van der Waals surface area contributed by atoms with Gasteiger partial charge in [0.25, 0.3) is 0 Å². The van der Waals surface area contributed by atoms with Crippen molar-refractivity contribution >= 4 is 0 Å². The van der Waals surface area contributed by atoms with E-state index < -0.39 is 12.2 Å². The third kappa shape index (κ3) is 3.22. The lowest BCUT2D eigenvalue weighted by Crippen LogP contribution is -2.34. The predicted octanol–water partition coefficient (Wildman–Crippen LogP) is 3.82. The van der Waals surface area contributed by atoms with Crippen LogP contribution in [0.5, 0.6) is 0 Å². The molecule has 0 aliphatic rings. The quantitative estimate of drug-likeness (QED) is 0.853. The van der Waals surface area contributed by atoms with E-state index in [4.69, 9.17) is 0 Å². The van der Waals surface area contributed by atoms with Crippen molar-refractivity contribution in [3.63, 3.8) is 0 Å². The number of hydrogen-bond acceptors (Lipinski definition) is 1. The van der Waals surface area contributed by atoms with Gasteiger partial charge in [-0.3, -0.25) is 0 Å². The van der Waals surface area contributed by atoms with E-state index in [-0.39, 0.29) is 6.54 Å². The molecule has 0 bridgehead atoms. The lowest BCUT2D eigenvalue weighted by Gasteiger charge is -2.24. The van der Waals surface area contributed by atoms with Crippen LogP contribution in [0.4, 0.5) is 13.2 Å². The lowest BCUT2D eigenvalue weighted by molar-refractivity contribution is -0.157. The Balaban J connectivity index is 3.23. The van der Waals surface area contributed by atoms with E-state index in [0.29, 0.717) is 11.1 Å². The second-order valence-electron chi connectivity index (χ2n) is 4.33. The maximum Gasteiger partial charge on any atom is 0.407 e. The highest BCUT2D eigenvalue weighted by atomic mass is 19.4. The number of halogens is 3. The van der Waals surface area contributed by atoms with E-state index in [1.165, 1.54) is 0 Å². The van der Waals surface area contributed by atoms with Crippen molar-refractivity contribution in [2.75, 3.05) is 6.54 Å². The van der Waals surface area contributed by atoms with Gasteiger partial charge in [-0.15, -0.1) is 0 Å². The number of benzene rings is 1. The first-order chi connectivity index (χ1) is 7.77. The third-order valence-corrected chi connectivity index (χ3v) is 2.93. The summed E-state index contributed by atoms with van der Waals surface area (Å²) >= 11 is 0. The van der Waals surface area contributed by atoms with Crippen molar-refractivity contribution in [1.82, 2.24) is 5.32 Å². The van der Waals surface area contributed by atoms with Crippen LogP contribution in [0.15, 0.2) is 12.1 Å². The second kappa shape index (κ2) is 5.08. The molecule has 1 N–H and O–H groups in total. The molecular formula is C13H18F3N. The van der Waals surface area contributed by atoms with Crippen LogP contribution in [0.3, 0.4) is 0 Å². The van der Waals surface area contributed by atoms with Gasteiger partial charge in [-0.25, -0.2) is 0 Å². The summed E-state index contributed by atoms with van der Waals surface area (Å²) in [4.78, 5) is 0. The first kappa shape index (κ1) is 14.0. The van der Waals surface area contributed by atoms with Crippen LogP contribution in [-0.4, -0.2) is 12.7 Å². The van der Waals surface area contributed by atoms with Crippen molar-refractivity contribution < 1.29 is 13.2 Å². The molecule has 1 rings (SSSR count). The van der Waals surface area contributed by atoms with Crippen LogP contribution in [0, 0.1) is 20.8 Å². The van der Waals surface area contributed by atoms with E-state index in [1.54, 1.807) is 26.0 Å². The van der Waals surface area contributed by atoms with Crippen molar-refractivity contribution in [1.29, 1.82) is 0 Å². The summed E-state index contributed by atoms with van der Waals surface area (Å²) in [7, 11) is 0. The third-order valence-electron chi connectivity index (χ3n) is 2.93. The maximum atomic E-state index is 12.9. The van der Waals surface area contributed by atoms with Crippen LogP contribution in [0.1, 0.15) is 35.2 Å². The van der Waals surface area contributed by atoms with E-state index in [0.717, 1.165) is 11.1 Å². The minimum absolute atomic E-state index is 0.288. The fourth-order valence-electron chi connectivity index (χ4n) is 1.90. The molecule has 0 spiro atoms. The van der Waals surface area contributed by atoms with Crippen molar-refractivity contribution in [3.05, 3.63) is 34.4 Å². The molecule has 0 saturated carbocycles. The smallest absolute Gasteiger partial charge is 0.303 e. The topological polar surface area (TPSA) is 12.0 Å². The van der Waals surface area contributed by atoms with Crippen LogP contribution < -0.4 is 5.32 Å². The SMILES string of the molecule is CCNC(c1cc(C)c(C)cc1C)C(F)(F)F. The van der Waals surface area contributed by atoms with Gasteiger partial charge in [-0.1, -0.05) is 19.1 Å². The largest absolute Gasteiger partial charge is 0.407 e. The Hall–Kier alpha value is -1.03. The Kier molecular flexibility index (Phi) is 4.20. The van der Waals surface area contributed by atoms with Crippen molar-refractivity contribution in [2.24, 2.45) is 0 Å². The standard InChI is InChI=1S/C13H18F3N/c1-5-17-12(13(14,15)16)11-7-9(3)8(2)6-10(11)4/h6-7,12,17H,5H2,1-4H3. The molecule has 0 heterocycles. The van der Waals surface area contributed by atoms with Gasteiger partial charge in [0.1, 0.15) is 6.04 Å². The predicted molar refractivity (Wildman–Crippen MR) is 63.1 cm³/mol. The Bertz CT molecular complexity index is 396. The van der Waals surface area contributed by atoms with Gasteiger partial charge in [-0.2, -0.15) is 13.2 Å². The summed E-state index contributed by atoms with van der Waals surface area (Å²) < 4.78 is 38.8. The van der Waals surface area contributed by atoms with E-state index in [1.807, 2.05) is 13.8 Å². The van der Waals surface area contributed by atoms with Crippen molar-refractivity contribution in [2.45, 2.75) is 39.9 Å². The molecule has 1 aromatic rings. The molecular weight excluding hydrogens is 227 g/mol. The Morgan fingerprint density at radius 1 is 1.06 bits per heavy atom. The van der Waals surface area contributed by atoms with Gasteiger partial charge >= 0.3 is 6.18 Å². The Labute approximate surface area is 100 Å². The summed E-state index contributed by atoms with van der Waals surface area (Å²) in [5, 5.41) is 2.50. The highest BCUT2D eigenvalue weighted by Crippen LogP contribution is 2.35. The zero-order valence-corrected chi connectivity index (χ0v) is 10.6. The lowest BCUT2D eigenvalue weighted by atomic mass is 9.95. The number of alkyl halides is 3. The average molecular weight is 245 g/mol. The highest BCUT2D eigenvalue weighted by molar-refractivity contribution is 5.38. The molecule has 0 fully saturated rings. The number of rotatable bonds is 3. The molecule has 0 aliphatic carbocycles. The molecule has 0 aliphatic heterocycles. The van der Waals surface area contributed by atoms with Crippen LogP contribution >= 0.6 is 0 Å². The Morgan fingerprint density at radius 2 is 1.59 bits per heavy atom. The van der Waals surface area contributed by atoms with E-state index >= 15 is 0 Å². The summed E-state index contributed by atoms with van der Waals surface area (Å²) in [6.07, 6.45) is -4.26. The molecule has 4 heteroatoms. The van der Waals surface area contributed by atoms with E-state index in [2.05, 4.69) is 5.32 Å². The molecule has 1 aromatic carbocycles. The molecule has 1 unspecified atom stereocenters. The molecule has 1 atom stereocenters. The molecule has 0 saturated heterocycles. The zero-order valence-electron chi connectivity index (χ0n) is 10.6.